The van der Waals surface area contributed by atoms with Gasteiger partial charge in [0.2, 0.25) is 5.91 Å². The summed E-state index contributed by atoms with van der Waals surface area (Å²) < 4.78 is 14.8. The minimum absolute atomic E-state index is 0.0490. The van der Waals surface area contributed by atoms with Crippen molar-refractivity contribution in [3.05, 3.63) is 59.7 Å². The summed E-state index contributed by atoms with van der Waals surface area (Å²) in [7, 11) is 1.27. The number of ether oxygens (including phenoxy) is 3. The Hall–Kier alpha value is -4.21. The second kappa shape index (κ2) is 11.3. The lowest BCUT2D eigenvalue weighted by Gasteiger charge is -2.17. The van der Waals surface area contributed by atoms with Crippen LogP contribution in [0, 0.1) is 5.92 Å². The van der Waals surface area contributed by atoms with E-state index in [0.717, 1.165) is 0 Å². The average Bonchev–Trinajstić information content (AvgIpc) is 3.23. The first-order valence-electron chi connectivity index (χ1n) is 10.9. The van der Waals surface area contributed by atoms with E-state index < -0.39 is 36.3 Å². The predicted octanol–water partition coefficient (Wildman–Crippen LogP) is 2.57. The predicted molar refractivity (Wildman–Crippen MR) is 125 cm³/mol. The zero-order chi connectivity index (χ0) is 25.5. The Labute approximate surface area is 202 Å². The molecule has 2 aromatic rings. The van der Waals surface area contributed by atoms with Crippen molar-refractivity contribution >= 4 is 41.1 Å². The molecule has 0 bridgehead atoms. The Balaban J connectivity index is 1.50. The smallest absolute Gasteiger partial charge is 0.338 e. The molecule has 0 saturated carbocycles. The van der Waals surface area contributed by atoms with Crippen molar-refractivity contribution in [2.24, 2.45) is 5.92 Å². The summed E-state index contributed by atoms with van der Waals surface area (Å²) in [6, 6.07) is 12.4. The SMILES string of the molecule is COC(=O)c1ccc(NC(=O)COC(=O)[C@@H]2CC(=O)N(c3ccc(C(=O)OC(C)C)cc3)C2)cc1. The summed E-state index contributed by atoms with van der Waals surface area (Å²) in [6.45, 7) is 3.09. The highest BCUT2D eigenvalue weighted by atomic mass is 16.5. The van der Waals surface area contributed by atoms with Crippen LogP contribution in [-0.2, 0) is 28.6 Å². The number of hydrogen-bond acceptors (Lipinski definition) is 8. The van der Waals surface area contributed by atoms with Crippen LogP contribution in [0.25, 0.3) is 0 Å². The van der Waals surface area contributed by atoms with E-state index in [1.807, 2.05) is 0 Å². The molecule has 0 unspecified atom stereocenters. The van der Waals surface area contributed by atoms with Crippen LogP contribution in [0.15, 0.2) is 48.5 Å². The standard InChI is InChI=1S/C25H26N2O8/c1-15(2)35-25(32)17-6-10-20(11-7-17)27-13-18(12-22(27)29)24(31)34-14-21(28)26-19-8-4-16(5-9-19)23(30)33-3/h4-11,15,18H,12-14H2,1-3H3,(H,26,28)/t18-/m1/s1. The molecule has 10 heteroatoms. The molecular formula is C25H26N2O8. The summed E-state index contributed by atoms with van der Waals surface area (Å²) in [5.41, 5.74) is 1.65. The fourth-order valence-corrected chi connectivity index (χ4v) is 3.43. The van der Waals surface area contributed by atoms with Gasteiger partial charge in [-0.3, -0.25) is 14.4 Å². The minimum Gasteiger partial charge on any atom is -0.465 e. The van der Waals surface area contributed by atoms with Gasteiger partial charge >= 0.3 is 17.9 Å². The van der Waals surface area contributed by atoms with Crippen molar-refractivity contribution in [3.63, 3.8) is 0 Å². The number of rotatable bonds is 8. The monoisotopic (exact) mass is 482 g/mol. The van der Waals surface area contributed by atoms with Crippen molar-refractivity contribution in [2.45, 2.75) is 26.4 Å². The van der Waals surface area contributed by atoms with E-state index in [2.05, 4.69) is 10.1 Å². The maximum Gasteiger partial charge on any atom is 0.338 e. The molecule has 2 aromatic carbocycles. The molecule has 1 heterocycles. The number of esters is 3. The Morgan fingerprint density at radius 2 is 1.57 bits per heavy atom. The largest absolute Gasteiger partial charge is 0.465 e. The summed E-state index contributed by atoms with van der Waals surface area (Å²) >= 11 is 0. The van der Waals surface area contributed by atoms with E-state index in [-0.39, 0.29) is 25.0 Å². The van der Waals surface area contributed by atoms with Crippen LogP contribution in [0.5, 0.6) is 0 Å². The number of benzene rings is 2. The van der Waals surface area contributed by atoms with Crippen LogP contribution < -0.4 is 10.2 Å². The van der Waals surface area contributed by atoms with Gasteiger partial charge in [0.15, 0.2) is 6.61 Å². The van der Waals surface area contributed by atoms with E-state index in [1.54, 1.807) is 38.1 Å². The van der Waals surface area contributed by atoms with Crippen LogP contribution in [0.4, 0.5) is 11.4 Å². The molecule has 0 spiro atoms. The number of hydrogen-bond donors (Lipinski definition) is 1. The normalized spacial score (nSPS) is 15.0. The molecule has 0 radical (unpaired) electrons. The summed E-state index contributed by atoms with van der Waals surface area (Å²) in [5.74, 6) is -3.16. The second-order valence-electron chi connectivity index (χ2n) is 8.13. The number of methoxy groups -OCH3 is 1. The second-order valence-corrected chi connectivity index (χ2v) is 8.13. The third-order valence-electron chi connectivity index (χ3n) is 5.15. The molecule has 10 nitrogen and oxygen atoms in total. The van der Waals surface area contributed by atoms with E-state index in [0.29, 0.717) is 22.5 Å². The molecule has 2 amide bonds. The minimum atomic E-state index is -0.722. The first-order valence-corrected chi connectivity index (χ1v) is 10.9. The molecule has 1 aliphatic heterocycles. The van der Waals surface area contributed by atoms with Gasteiger partial charge in [-0.05, 0) is 62.4 Å². The number of anilines is 2. The number of carbonyl (C=O) groups is 5. The van der Waals surface area contributed by atoms with Crippen LogP contribution in [0.2, 0.25) is 0 Å². The van der Waals surface area contributed by atoms with Gasteiger partial charge < -0.3 is 24.4 Å². The van der Waals surface area contributed by atoms with E-state index in [9.17, 15) is 24.0 Å². The quantitative estimate of drug-likeness (QED) is 0.449. The Morgan fingerprint density at radius 1 is 0.971 bits per heavy atom. The molecule has 1 saturated heterocycles. The van der Waals surface area contributed by atoms with Gasteiger partial charge in [-0.25, -0.2) is 9.59 Å². The highest BCUT2D eigenvalue weighted by Gasteiger charge is 2.36. The Kier molecular flexibility index (Phi) is 8.19. The molecule has 3 rings (SSSR count). The Bertz CT molecular complexity index is 1110. The van der Waals surface area contributed by atoms with Gasteiger partial charge in [0.25, 0.3) is 5.91 Å². The summed E-state index contributed by atoms with van der Waals surface area (Å²) in [6.07, 6.45) is -0.296. The van der Waals surface area contributed by atoms with Crippen molar-refractivity contribution in [2.75, 3.05) is 30.5 Å². The van der Waals surface area contributed by atoms with Gasteiger partial charge in [-0.15, -0.1) is 0 Å². The van der Waals surface area contributed by atoms with Crippen molar-refractivity contribution in [3.8, 4) is 0 Å². The zero-order valence-electron chi connectivity index (χ0n) is 19.6. The lowest BCUT2D eigenvalue weighted by atomic mass is 10.1. The fourth-order valence-electron chi connectivity index (χ4n) is 3.43. The van der Waals surface area contributed by atoms with Gasteiger partial charge in [0.05, 0.1) is 30.3 Å². The summed E-state index contributed by atoms with van der Waals surface area (Å²) in [4.78, 5) is 61.9. The fraction of sp³-hybridized carbons (Fsp3) is 0.320. The number of nitrogens with zero attached hydrogens (tertiary/aromatic N) is 1. The summed E-state index contributed by atoms with van der Waals surface area (Å²) in [5, 5.41) is 2.56. The Morgan fingerprint density at radius 3 is 2.17 bits per heavy atom. The number of nitrogens with one attached hydrogen (secondary N) is 1. The third-order valence-corrected chi connectivity index (χ3v) is 5.15. The molecule has 184 valence electrons. The highest BCUT2D eigenvalue weighted by molar-refractivity contribution is 6.00. The van der Waals surface area contributed by atoms with E-state index in [1.165, 1.54) is 36.3 Å². The molecule has 1 N–H and O–H groups in total. The van der Waals surface area contributed by atoms with Crippen molar-refractivity contribution in [1.82, 2.24) is 0 Å². The molecule has 1 fully saturated rings. The molecule has 0 aliphatic carbocycles. The van der Waals surface area contributed by atoms with Crippen molar-refractivity contribution in [1.29, 1.82) is 0 Å². The van der Waals surface area contributed by atoms with Gasteiger partial charge in [0, 0.05) is 24.3 Å². The molecule has 35 heavy (non-hydrogen) atoms. The highest BCUT2D eigenvalue weighted by Crippen LogP contribution is 2.26. The maximum absolute atomic E-state index is 12.4. The first kappa shape index (κ1) is 25.4. The lowest BCUT2D eigenvalue weighted by molar-refractivity contribution is -0.151. The first-order chi connectivity index (χ1) is 16.7. The van der Waals surface area contributed by atoms with Gasteiger partial charge in [-0.2, -0.15) is 0 Å². The third kappa shape index (κ3) is 6.66. The van der Waals surface area contributed by atoms with Crippen LogP contribution in [0.1, 0.15) is 41.0 Å². The maximum atomic E-state index is 12.4. The lowest BCUT2D eigenvalue weighted by Crippen LogP contribution is -2.28. The van der Waals surface area contributed by atoms with E-state index >= 15 is 0 Å². The van der Waals surface area contributed by atoms with Gasteiger partial charge in [0.1, 0.15) is 0 Å². The van der Waals surface area contributed by atoms with Crippen LogP contribution >= 0.6 is 0 Å². The molecular weight excluding hydrogens is 456 g/mol. The van der Waals surface area contributed by atoms with Gasteiger partial charge in [-0.1, -0.05) is 0 Å². The van der Waals surface area contributed by atoms with Crippen LogP contribution in [-0.4, -0.2) is 56.1 Å². The molecule has 0 aromatic heterocycles. The van der Waals surface area contributed by atoms with Crippen molar-refractivity contribution < 1.29 is 38.2 Å². The van der Waals surface area contributed by atoms with Crippen LogP contribution in [0.3, 0.4) is 0 Å². The molecule has 1 atom stereocenters. The molecule has 1 aliphatic rings. The number of carbonyl (C=O) groups excluding carboxylic acids is 5. The average molecular weight is 482 g/mol. The van der Waals surface area contributed by atoms with E-state index in [4.69, 9.17) is 9.47 Å². The topological polar surface area (TPSA) is 128 Å². The number of amides is 2. The zero-order valence-corrected chi connectivity index (χ0v) is 19.6.